The lowest BCUT2D eigenvalue weighted by atomic mass is 10.1. The molecule has 70 valence electrons. The van der Waals surface area contributed by atoms with E-state index in [9.17, 15) is 9.18 Å². The molecule has 0 heterocycles. The number of hydrogen-bond acceptors (Lipinski definition) is 2. The summed E-state index contributed by atoms with van der Waals surface area (Å²) in [6, 6.07) is 7.41. The largest absolute Gasteiger partial charge is 0.365 e. The van der Waals surface area contributed by atoms with Gasteiger partial charge in [0.1, 0.15) is 17.5 Å². The Labute approximate surface area is 80.3 Å². The van der Waals surface area contributed by atoms with Crippen molar-refractivity contribution in [3.8, 4) is 6.07 Å². The first-order valence-electron chi connectivity index (χ1n) is 3.81. The fourth-order valence-electron chi connectivity index (χ4n) is 0.906. The minimum atomic E-state index is -0.865. The standard InChI is InChI=1S/C10H7FN2O/c11-9-4-2-1-3-7(9)5-8(6-12)10(13)14/h1-5H,(H2,13,14). The number of nitrogens with zero attached hydrogens (tertiary/aromatic N) is 1. The maximum atomic E-state index is 13.0. The van der Waals surface area contributed by atoms with E-state index < -0.39 is 11.7 Å². The number of hydrogen-bond donors (Lipinski definition) is 1. The molecule has 1 aromatic rings. The Morgan fingerprint density at radius 1 is 1.50 bits per heavy atom. The summed E-state index contributed by atoms with van der Waals surface area (Å²) in [5.74, 6) is -1.36. The molecule has 2 N–H and O–H groups in total. The van der Waals surface area contributed by atoms with Gasteiger partial charge in [0.2, 0.25) is 0 Å². The summed E-state index contributed by atoms with van der Waals surface area (Å²) in [5.41, 5.74) is 4.79. The molecule has 1 rings (SSSR count). The highest BCUT2D eigenvalue weighted by molar-refractivity contribution is 6.00. The van der Waals surface area contributed by atoms with E-state index in [2.05, 4.69) is 0 Å². The van der Waals surface area contributed by atoms with Crippen molar-refractivity contribution in [1.29, 1.82) is 5.26 Å². The highest BCUT2D eigenvalue weighted by atomic mass is 19.1. The Balaban J connectivity index is 3.15. The van der Waals surface area contributed by atoms with Crippen molar-refractivity contribution in [1.82, 2.24) is 0 Å². The van der Waals surface area contributed by atoms with Crippen LogP contribution in [-0.2, 0) is 4.79 Å². The van der Waals surface area contributed by atoms with Crippen LogP contribution >= 0.6 is 0 Å². The zero-order valence-corrected chi connectivity index (χ0v) is 7.20. The third-order valence-corrected chi connectivity index (χ3v) is 1.59. The van der Waals surface area contributed by atoms with Crippen LogP contribution in [0.1, 0.15) is 5.56 Å². The monoisotopic (exact) mass is 190 g/mol. The molecule has 4 heteroatoms. The normalized spacial score (nSPS) is 10.7. The number of carbonyl (C=O) groups is 1. The second kappa shape index (κ2) is 4.19. The molecule has 0 saturated carbocycles. The van der Waals surface area contributed by atoms with Crippen LogP contribution in [0.5, 0.6) is 0 Å². The van der Waals surface area contributed by atoms with Gasteiger partial charge >= 0.3 is 0 Å². The smallest absolute Gasteiger partial charge is 0.259 e. The third-order valence-electron chi connectivity index (χ3n) is 1.59. The van der Waals surface area contributed by atoms with Crippen molar-refractivity contribution in [3.05, 3.63) is 41.2 Å². The zero-order chi connectivity index (χ0) is 10.6. The maximum absolute atomic E-state index is 13.0. The Hall–Kier alpha value is -2.15. The van der Waals surface area contributed by atoms with Crippen molar-refractivity contribution in [3.63, 3.8) is 0 Å². The highest BCUT2D eigenvalue weighted by Crippen LogP contribution is 2.10. The molecule has 0 radical (unpaired) electrons. The maximum Gasteiger partial charge on any atom is 0.259 e. The summed E-state index contributed by atoms with van der Waals surface area (Å²) in [7, 11) is 0. The first-order valence-corrected chi connectivity index (χ1v) is 3.81. The van der Waals surface area contributed by atoms with Crippen molar-refractivity contribution in [2.75, 3.05) is 0 Å². The summed E-state index contributed by atoms with van der Waals surface area (Å²) >= 11 is 0. The first kappa shape index (κ1) is 9.93. The van der Waals surface area contributed by atoms with Gasteiger partial charge in [-0.05, 0) is 12.1 Å². The summed E-state index contributed by atoms with van der Waals surface area (Å²) in [4.78, 5) is 10.7. The topological polar surface area (TPSA) is 66.9 Å². The van der Waals surface area contributed by atoms with E-state index in [1.807, 2.05) is 0 Å². The Morgan fingerprint density at radius 3 is 2.64 bits per heavy atom. The van der Waals surface area contributed by atoms with E-state index in [0.717, 1.165) is 6.08 Å². The van der Waals surface area contributed by atoms with Gasteiger partial charge in [-0.3, -0.25) is 4.79 Å². The molecule has 3 nitrogen and oxygen atoms in total. The van der Waals surface area contributed by atoms with Crippen LogP contribution in [0.15, 0.2) is 29.8 Å². The number of carbonyl (C=O) groups excluding carboxylic acids is 1. The second-order valence-corrected chi connectivity index (χ2v) is 2.56. The van der Waals surface area contributed by atoms with E-state index in [-0.39, 0.29) is 11.1 Å². The Bertz CT molecular complexity index is 432. The van der Waals surface area contributed by atoms with Crippen molar-refractivity contribution in [2.45, 2.75) is 0 Å². The van der Waals surface area contributed by atoms with Crippen LogP contribution < -0.4 is 5.73 Å². The van der Waals surface area contributed by atoms with Crippen LogP contribution in [0.25, 0.3) is 6.08 Å². The number of benzene rings is 1. The molecule has 1 aromatic carbocycles. The van der Waals surface area contributed by atoms with Crippen molar-refractivity contribution < 1.29 is 9.18 Å². The number of amides is 1. The van der Waals surface area contributed by atoms with Gasteiger partial charge in [0.25, 0.3) is 5.91 Å². The average Bonchev–Trinajstić information content (AvgIpc) is 2.16. The minimum absolute atomic E-state index is 0.169. The summed E-state index contributed by atoms with van der Waals surface area (Å²) in [6.45, 7) is 0. The lowest BCUT2D eigenvalue weighted by Gasteiger charge is -1.95. The molecule has 0 aromatic heterocycles. The predicted molar refractivity (Wildman–Crippen MR) is 49.2 cm³/mol. The van der Waals surface area contributed by atoms with Gasteiger partial charge in [-0.2, -0.15) is 5.26 Å². The SMILES string of the molecule is N#CC(=Cc1ccccc1F)C(N)=O. The van der Waals surface area contributed by atoms with E-state index in [1.54, 1.807) is 12.1 Å². The van der Waals surface area contributed by atoms with Gasteiger partial charge in [0, 0.05) is 5.56 Å². The van der Waals surface area contributed by atoms with Crippen molar-refractivity contribution in [2.24, 2.45) is 5.73 Å². The number of rotatable bonds is 2. The number of primary amides is 1. The Morgan fingerprint density at radius 2 is 2.14 bits per heavy atom. The van der Waals surface area contributed by atoms with Gasteiger partial charge < -0.3 is 5.73 Å². The van der Waals surface area contributed by atoms with Gasteiger partial charge in [-0.15, -0.1) is 0 Å². The molecule has 0 aliphatic rings. The van der Waals surface area contributed by atoms with Crippen LogP contribution in [0, 0.1) is 17.1 Å². The van der Waals surface area contributed by atoms with Gasteiger partial charge in [0.15, 0.2) is 0 Å². The molecule has 0 aliphatic carbocycles. The van der Waals surface area contributed by atoms with Crippen molar-refractivity contribution >= 4 is 12.0 Å². The summed E-state index contributed by atoms with van der Waals surface area (Å²) in [6.07, 6.45) is 1.12. The zero-order valence-electron chi connectivity index (χ0n) is 7.20. The van der Waals surface area contributed by atoms with E-state index >= 15 is 0 Å². The van der Waals surface area contributed by atoms with Crippen LogP contribution in [-0.4, -0.2) is 5.91 Å². The first-order chi connectivity index (χ1) is 6.65. The Kier molecular flexibility index (Phi) is 2.97. The van der Waals surface area contributed by atoms with Gasteiger partial charge in [0.05, 0.1) is 0 Å². The second-order valence-electron chi connectivity index (χ2n) is 2.56. The van der Waals surface area contributed by atoms with E-state index in [1.165, 1.54) is 18.2 Å². The van der Waals surface area contributed by atoms with Crippen LogP contribution in [0.3, 0.4) is 0 Å². The quantitative estimate of drug-likeness (QED) is 0.562. The molecule has 14 heavy (non-hydrogen) atoms. The fourth-order valence-corrected chi connectivity index (χ4v) is 0.906. The van der Waals surface area contributed by atoms with Gasteiger partial charge in [-0.25, -0.2) is 4.39 Å². The summed E-state index contributed by atoms with van der Waals surface area (Å²) in [5, 5.41) is 8.51. The highest BCUT2D eigenvalue weighted by Gasteiger charge is 2.05. The molecule has 0 saturated heterocycles. The molecule has 0 aliphatic heterocycles. The lowest BCUT2D eigenvalue weighted by molar-refractivity contribution is -0.114. The molecular formula is C10H7FN2O. The number of nitrogens with two attached hydrogens (primary N) is 1. The molecule has 1 amide bonds. The number of nitriles is 1. The average molecular weight is 190 g/mol. The molecule has 0 atom stereocenters. The van der Waals surface area contributed by atoms with Crippen LogP contribution in [0.4, 0.5) is 4.39 Å². The third kappa shape index (κ3) is 2.17. The van der Waals surface area contributed by atoms with E-state index in [4.69, 9.17) is 11.0 Å². The molecule has 0 unspecified atom stereocenters. The molecular weight excluding hydrogens is 183 g/mol. The number of halogens is 1. The predicted octanol–water partition coefficient (Wildman–Crippen LogP) is 1.22. The minimum Gasteiger partial charge on any atom is -0.365 e. The van der Waals surface area contributed by atoms with Gasteiger partial charge in [-0.1, -0.05) is 18.2 Å². The van der Waals surface area contributed by atoms with Crippen LogP contribution in [0.2, 0.25) is 0 Å². The summed E-state index contributed by atoms with van der Waals surface area (Å²) < 4.78 is 13.0. The molecule has 0 fully saturated rings. The lowest BCUT2D eigenvalue weighted by Crippen LogP contribution is -2.12. The van der Waals surface area contributed by atoms with E-state index in [0.29, 0.717) is 0 Å². The molecule has 0 spiro atoms. The fraction of sp³-hybridized carbons (Fsp3) is 0. The molecule has 0 bridgehead atoms.